The van der Waals surface area contributed by atoms with Gasteiger partial charge in [0, 0.05) is 0 Å². The van der Waals surface area contributed by atoms with Crippen molar-refractivity contribution >= 4 is 17.5 Å². The maximum Gasteiger partial charge on any atom is 0.311 e. The molecule has 0 aromatic carbocycles. The number of rotatable bonds is 0. The third kappa shape index (κ3) is 1.17. The maximum absolute atomic E-state index is 10.5. The van der Waals surface area contributed by atoms with Gasteiger partial charge < -0.3 is 0 Å². The Labute approximate surface area is 55.5 Å². The summed E-state index contributed by atoms with van der Waals surface area (Å²) in [7, 11) is 0. The van der Waals surface area contributed by atoms with Gasteiger partial charge in [-0.3, -0.25) is 24.6 Å². The molecule has 0 aliphatic carbocycles. The average molecular weight is 144 g/mol. The molecule has 1 heterocycles. The van der Waals surface area contributed by atoms with Gasteiger partial charge in [-0.2, -0.15) is 0 Å². The van der Waals surface area contributed by atoms with Crippen LogP contribution in [0.1, 0.15) is 0 Å². The molecule has 2 N–H and O–H groups in total. The van der Waals surface area contributed by atoms with Crippen molar-refractivity contribution in [2.24, 2.45) is 0 Å². The summed E-state index contributed by atoms with van der Waals surface area (Å²) in [5, 5.41) is 0. The fourth-order valence-corrected chi connectivity index (χ4v) is 0.433. The highest BCUT2D eigenvalue weighted by molar-refractivity contribution is 6.63. The molecule has 0 bridgehead atoms. The van der Waals surface area contributed by atoms with Gasteiger partial charge in [0.05, 0.1) is 0 Å². The number of ketones is 2. The van der Waals surface area contributed by atoms with Crippen LogP contribution >= 0.6 is 0 Å². The van der Waals surface area contributed by atoms with Crippen LogP contribution < -0.4 is 11.0 Å². The molecule has 54 valence electrons. The third-order valence-electron chi connectivity index (χ3n) is 0.899. The molecule has 1 aliphatic heterocycles. The lowest BCUT2D eigenvalue weighted by Gasteiger charge is -1.95. The van der Waals surface area contributed by atoms with Gasteiger partial charge >= 0.3 is 5.91 Å². The van der Waals surface area contributed by atoms with E-state index in [1.54, 1.807) is 0 Å². The standard InChI is InChI=1S/C4H4N2O4/c7-2-1-10-6-5-4(9)3(2)8/h6H,1H2,(H,5,9). The fourth-order valence-electron chi connectivity index (χ4n) is 0.433. The van der Waals surface area contributed by atoms with Crippen molar-refractivity contribution in [3.63, 3.8) is 0 Å². The van der Waals surface area contributed by atoms with Gasteiger partial charge in [0.15, 0.2) is 0 Å². The molecule has 0 atom stereocenters. The van der Waals surface area contributed by atoms with E-state index in [0.717, 1.165) is 0 Å². The fraction of sp³-hybridized carbons (Fsp3) is 0.250. The van der Waals surface area contributed by atoms with Gasteiger partial charge in [0.25, 0.3) is 5.78 Å². The van der Waals surface area contributed by atoms with Gasteiger partial charge in [0.2, 0.25) is 5.78 Å². The second-order valence-electron chi connectivity index (χ2n) is 1.60. The molecule has 6 nitrogen and oxygen atoms in total. The first-order chi connectivity index (χ1) is 4.72. The second kappa shape index (κ2) is 2.54. The first kappa shape index (κ1) is 6.84. The molecule has 0 unspecified atom stereocenters. The van der Waals surface area contributed by atoms with Gasteiger partial charge in [-0.25, -0.2) is 0 Å². The number of Topliss-reactive ketones (excluding diaryl/α,β-unsaturated/α-hetero) is 2. The predicted octanol–water partition coefficient (Wildman–Crippen LogP) is -2.31. The molecule has 1 fully saturated rings. The minimum absolute atomic E-state index is 0.419. The monoisotopic (exact) mass is 144 g/mol. The third-order valence-corrected chi connectivity index (χ3v) is 0.899. The Kier molecular flexibility index (Phi) is 1.74. The average Bonchev–Trinajstić information content (AvgIpc) is 2.04. The zero-order valence-electron chi connectivity index (χ0n) is 4.84. The Hall–Kier alpha value is -1.27. The predicted molar refractivity (Wildman–Crippen MR) is 27.2 cm³/mol. The lowest BCUT2D eigenvalue weighted by Crippen LogP contribution is -2.39. The van der Waals surface area contributed by atoms with Crippen LogP contribution in [-0.4, -0.2) is 24.1 Å². The first-order valence-electron chi connectivity index (χ1n) is 2.46. The van der Waals surface area contributed by atoms with Crippen LogP contribution in [-0.2, 0) is 19.2 Å². The van der Waals surface area contributed by atoms with Crippen molar-refractivity contribution < 1.29 is 19.2 Å². The highest BCUT2D eigenvalue weighted by Gasteiger charge is 2.25. The number of hydrogen-bond donors (Lipinski definition) is 2. The van der Waals surface area contributed by atoms with Crippen LogP contribution in [0.3, 0.4) is 0 Å². The summed E-state index contributed by atoms with van der Waals surface area (Å²) in [6.45, 7) is -0.419. The quantitative estimate of drug-likeness (QED) is 0.373. The number of hydrazine groups is 1. The Morgan fingerprint density at radius 2 is 2.00 bits per heavy atom. The summed E-state index contributed by atoms with van der Waals surface area (Å²) in [4.78, 5) is 35.6. The van der Waals surface area contributed by atoms with Crippen molar-refractivity contribution in [3.8, 4) is 0 Å². The van der Waals surface area contributed by atoms with Crippen LogP contribution in [0, 0.1) is 0 Å². The highest BCUT2D eigenvalue weighted by atomic mass is 16.7. The molecular weight excluding hydrogens is 140 g/mol. The lowest BCUT2D eigenvalue weighted by atomic mass is 10.3. The van der Waals surface area contributed by atoms with E-state index in [1.165, 1.54) is 0 Å². The molecule has 1 saturated heterocycles. The largest absolute Gasteiger partial charge is 0.311 e. The molecule has 1 amide bonds. The molecule has 6 heteroatoms. The van der Waals surface area contributed by atoms with E-state index in [1.807, 2.05) is 11.0 Å². The summed E-state index contributed by atoms with van der Waals surface area (Å²) in [5.41, 5.74) is 3.76. The Bertz CT molecular complexity index is 179. The molecule has 0 radical (unpaired) electrons. The van der Waals surface area contributed by atoms with Crippen LogP contribution in [0.2, 0.25) is 0 Å². The second-order valence-corrected chi connectivity index (χ2v) is 1.60. The summed E-state index contributed by atoms with van der Waals surface area (Å²) in [5.74, 6) is -2.95. The van der Waals surface area contributed by atoms with Gasteiger partial charge in [-0.15, -0.1) is 5.59 Å². The molecule has 0 aromatic heterocycles. The van der Waals surface area contributed by atoms with Crippen LogP contribution in [0.4, 0.5) is 0 Å². The number of hydrogen-bond acceptors (Lipinski definition) is 5. The van der Waals surface area contributed by atoms with Crippen molar-refractivity contribution in [2.45, 2.75) is 0 Å². The smallest absolute Gasteiger partial charge is 0.288 e. The number of amides is 1. The summed E-state index contributed by atoms with van der Waals surface area (Å²) < 4.78 is 0. The van der Waals surface area contributed by atoms with Gasteiger partial charge in [-0.1, -0.05) is 0 Å². The Morgan fingerprint density at radius 3 is 2.70 bits per heavy atom. The molecule has 1 aliphatic rings. The lowest BCUT2D eigenvalue weighted by molar-refractivity contribution is -0.144. The summed E-state index contributed by atoms with van der Waals surface area (Å²) in [6, 6.07) is 0. The van der Waals surface area contributed by atoms with Crippen molar-refractivity contribution in [1.82, 2.24) is 11.0 Å². The minimum Gasteiger partial charge on any atom is -0.288 e. The van der Waals surface area contributed by atoms with Crippen LogP contribution in [0.5, 0.6) is 0 Å². The van der Waals surface area contributed by atoms with E-state index >= 15 is 0 Å². The topological polar surface area (TPSA) is 84.5 Å². The highest BCUT2D eigenvalue weighted by Crippen LogP contribution is 1.82. The molecule has 0 spiro atoms. The van der Waals surface area contributed by atoms with E-state index in [4.69, 9.17) is 0 Å². The minimum atomic E-state index is -1.09. The Morgan fingerprint density at radius 1 is 1.30 bits per heavy atom. The Balaban J connectivity index is 2.74. The zero-order chi connectivity index (χ0) is 7.56. The molecular formula is C4H4N2O4. The summed E-state index contributed by atoms with van der Waals surface area (Å²) in [6.07, 6.45) is 0. The van der Waals surface area contributed by atoms with Gasteiger partial charge in [0.1, 0.15) is 6.61 Å². The molecule has 10 heavy (non-hydrogen) atoms. The van der Waals surface area contributed by atoms with E-state index in [2.05, 4.69) is 4.84 Å². The number of carbonyl (C=O) groups excluding carboxylic acids is 3. The van der Waals surface area contributed by atoms with E-state index < -0.39 is 24.1 Å². The van der Waals surface area contributed by atoms with E-state index in [9.17, 15) is 14.4 Å². The number of carbonyl (C=O) groups is 3. The SMILES string of the molecule is O=C1CONNC(=O)C1=O. The molecule has 0 saturated carbocycles. The molecule has 1 rings (SSSR count). The van der Waals surface area contributed by atoms with Crippen molar-refractivity contribution in [1.29, 1.82) is 0 Å². The normalized spacial score (nSPS) is 20.2. The van der Waals surface area contributed by atoms with Crippen LogP contribution in [0.25, 0.3) is 0 Å². The van der Waals surface area contributed by atoms with Gasteiger partial charge in [-0.05, 0) is 0 Å². The van der Waals surface area contributed by atoms with Crippen molar-refractivity contribution in [2.75, 3.05) is 6.61 Å². The zero-order valence-corrected chi connectivity index (χ0v) is 4.84. The maximum atomic E-state index is 10.5. The van der Waals surface area contributed by atoms with E-state index in [-0.39, 0.29) is 0 Å². The first-order valence-corrected chi connectivity index (χ1v) is 2.46. The number of nitrogens with one attached hydrogen (secondary N) is 2. The summed E-state index contributed by atoms with van der Waals surface area (Å²) >= 11 is 0. The van der Waals surface area contributed by atoms with E-state index in [0.29, 0.717) is 0 Å². The van der Waals surface area contributed by atoms with Crippen molar-refractivity contribution in [3.05, 3.63) is 0 Å². The van der Waals surface area contributed by atoms with Crippen LogP contribution in [0.15, 0.2) is 0 Å². The molecule has 0 aromatic rings.